The molecule has 0 aliphatic carbocycles. The first-order valence-corrected chi connectivity index (χ1v) is 8.17. The Hall–Kier alpha value is -3.02. The van der Waals surface area contributed by atoms with Gasteiger partial charge in [0.2, 0.25) is 12.7 Å². The van der Waals surface area contributed by atoms with E-state index in [1.807, 2.05) is 24.3 Å². The predicted molar refractivity (Wildman–Crippen MR) is 91.8 cm³/mol. The SMILES string of the molecule is CN(Cc1ccc2c(c1)OCO2)C(=O)c1ccc2c(c1)CCC(=O)N2. The minimum Gasteiger partial charge on any atom is -0.454 e. The molecule has 2 heterocycles. The lowest BCUT2D eigenvalue weighted by Crippen LogP contribution is -2.27. The van der Waals surface area contributed by atoms with Gasteiger partial charge in [-0.3, -0.25) is 9.59 Å². The molecule has 4 rings (SSSR count). The summed E-state index contributed by atoms with van der Waals surface area (Å²) in [5.74, 6) is 1.40. The van der Waals surface area contributed by atoms with Gasteiger partial charge in [-0.05, 0) is 47.9 Å². The highest BCUT2D eigenvalue weighted by molar-refractivity contribution is 5.97. The van der Waals surface area contributed by atoms with E-state index in [-0.39, 0.29) is 18.6 Å². The van der Waals surface area contributed by atoms with E-state index < -0.39 is 0 Å². The van der Waals surface area contributed by atoms with E-state index in [2.05, 4.69) is 5.32 Å². The van der Waals surface area contributed by atoms with E-state index in [9.17, 15) is 9.59 Å². The number of aryl methyl sites for hydroxylation is 1. The van der Waals surface area contributed by atoms with Crippen molar-refractivity contribution in [1.29, 1.82) is 0 Å². The number of carbonyl (C=O) groups is 2. The first kappa shape index (κ1) is 15.5. The molecule has 2 aromatic rings. The fourth-order valence-electron chi connectivity index (χ4n) is 3.12. The van der Waals surface area contributed by atoms with Crippen molar-refractivity contribution in [1.82, 2.24) is 4.90 Å². The van der Waals surface area contributed by atoms with E-state index in [1.165, 1.54) is 0 Å². The van der Waals surface area contributed by atoms with Crippen LogP contribution < -0.4 is 14.8 Å². The molecule has 1 N–H and O–H groups in total. The summed E-state index contributed by atoms with van der Waals surface area (Å²) in [4.78, 5) is 25.8. The molecule has 0 saturated carbocycles. The zero-order valence-corrected chi connectivity index (χ0v) is 13.9. The van der Waals surface area contributed by atoms with Crippen LogP contribution in [0.5, 0.6) is 11.5 Å². The fraction of sp³-hybridized carbons (Fsp3) is 0.263. The summed E-state index contributed by atoms with van der Waals surface area (Å²) < 4.78 is 10.7. The normalized spacial score (nSPS) is 14.7. The first-order valence-electron chi connectivity index (χ1n) is 8.17. The summed E-state index contributed by atoms with van der Waals surface area (Å²) >= 11 is 0. The molecule has 2 aliphatic heterocycles. The van der Waals surface area contributed by atoms with Gasteiger partial charge in [0.1, 0.15) is 0 Å². The molecule has 0 aromatic heterocycles. The average molecular weight is 338 g/mol. The number of anilines is 1. The van der Waals surface area contributed by atoms with Crippen molar-refractivity contribution < 1.29 is 19.1 Å². The van der Waals surface area contributed by atoms with Gasteiger partial charge < -0.3 is 19.7 Å². The van der Waals surface area contributed by atoms with Gasteiger partial charge in [-0.15, -0.1) is 0 Å². The standard InChI is InChI=1S/C19H18N2O4/c1-21(10-12-2-6-16-17(8-12)25-11-24-16)19(23)14-3-5-15-13(9-14)4-7-18(22)20-15/h2-3,5-6,8-9H,4,7,10-11H2,1H3,(H,20,22). The van der Waals surface area contributed by atoms with Gasteiger partial charge in [-0.1, -0.05) is 6.07 Å². The van der Waals surface area contributed by atoms with Crippen LogP contribution in [-0.4, -0.2) is 30.6 Å². The summed E-state index contributed by atoms with van der Waals surface area (Å²) in [5, 5.41) is 2.83. The molecule has 0 bridgehead atoms. The van der Waals surface area contributed by atoms with Crippen LogP contribution in [0.15, 0.2) is 36.4 Å². The molecular weight excluding hydrogens is 320 g/mol. The van der Waals surface area contributed by atoms with Gasteiger partial charge in [0.15, 0.2) is 11.5 Å². The van der Waals surface area contributed by atoms with Crippen molar-refractivity contribution in [3.8, 4) is 11.5 Å². The molecule has 6 nitrogen and oxygen atoms in total. The maximum absolute atomic E-state index is 12.7. The molecular formula is C19H18N2O4. The van der Waals surface area contributed by atoms with Crippen LogP contribution in [0.1, 0.15) is 27.9 Å². The van der Waals surface area contributed by atoms with E-state index in [1.54, 1.807) is 24.1 Å². The number of rotatable bonds is 3. The summed E-state index contributed by atoms with van der Waals surface area (Å²) in [6.45, 7) is 0.711. The predicted octanol–water partition coefficient (Wildman–Crippen LogP) is 2.57. The average Bonchev–Trinajstić information content (AvgIpc) is 3.08. The Morgan fingerprint density at radius 2 is 1.96 bits per heavy atom. The Morgan fingerprint density at radius 1 is 1.12 bits per heavy atom. The van der Waals surface area contributed by atoms with Gasteiger partial charge >= 0.3 is 0 Å². The summed E-state index contributed by atoms with van der Waals surface area (Å²) in [6, 6.07) is 11.1. The highest BCUT2D eigenvalue weighted by atomic mass is 16.7. The molecule has 0 saturated heterocycles. The largest absolute Gasteiger partial charge is 0.454 e. The number of amides is 2. The number of ether oxygens (including phenoxy) is 2. The maximum atomic E-state index is 12.7. The van der Waals surface area contributed by atoms with Gasteiger partial charge in [-0.25, -0.2) is 0 Å². The number of fused-ring (bicyclic) bond motifs is 2. The topological polar surface area (TPSA) is 67.9 Å². The molecule has 2 aromatic carbocycles. The molecule has 25 heavy (non-hydrogen) atoms. The Morgan fingerprint density at radius 3 is 2.84 bits per heavy atom. The number of carbonyl (C=O) groups excluding carboxylic acids is 2. The first-order chi connectivity index (χ1) is 12.1. The zero-order chi connectivity index (χ0) is 17.4. The lowest BCUT2D eigenvalue weighted by atomic mass is 10.00. The van der Waals surface area contributed by atoms with E-state index in [0.717, 1.165) is 22.6 Å². The Labute approximate surface area is 145 Å². The van der Waals surface area contributed by atoms with Crippen molar-refractivity contribution in [2.45, 2.75) is 19.4 Å². The number of nitrogens with one attached hydrogen (secondary N) is 1. The van der Waals surface area contributed by atoms with Crippen LogP contribution >= 0.6 is 0 Å². The lowest BCUT2D eigenvalue weighted by molar-refractivity contribution is -0.116. The van der Waals surface area contributed by atoms with Crippen LogP contribution in [0.2, 0.25) is 0 Å². The molecule has 2 aliphatic rings. The van der Waals surface area contributed by atoms with Crippen LogP contribution in [0.4, 0.5) is 5.69 Å². The van der Waals surface area contributed by atoms with Crippen LogP contribution in [0.3, 0.4) is 0 Å². The summed E-state index contributed by atoms with van der Waals surface area (Å²) in [5.41, 5.74) is 3.40. The highest BCUT2D eigenvalue weighted by Crippen LogP contribution is 2.33. The molecule has 128 valence electrons. The van der Waals surface area contributed by atoms with E-state index in [0.29, 0.717) is 30.7 Å². The van der Waals surface area contributed by atoms with Gasteiger partial charge in [0.05, 0.1) is 0 Å². The number of hydrogen-bond acceptors (Lipinski definition) is 4. The molecule has 0 spiro atoms. The molecule has 0 atom stereocenters. The van der Waals surface area contributed by atoms with E-state index >= 15 is 0 Å². The van der Waals surface area contributed by atoms with E-state index in [4.69, 9.17) is 9.47 Å². The second-order valence-corrected chi connectivity index (χ2v) is 6.27. The Bertz CT molecular complexity index is 862. The van der Waals surface area contributed by atoms with Crippen molar-refractivity contribution >= 4 is 17.5 Å². The van der Waals surface area contributed by atoms with Crippen molar-refractivity contribution in [2.24, 2.45) is 0 Å². The third-order valence-electron chi connectivity index (χ3n) is 4.45. The van der Waals surface area contributed by atoms with Crippen LogP contribution in [0, 0.1) is 0 Å². The number of nitrogens with zero attached hydrogens (tertiary/aromatic N) is 1. The van der Waals surface area contributed by atoms with Crippen molar-refractivity contribution in [3.63, 3.8) is 0 Å². The molecule has 0 fully saturated rings. The fourth-order valence-corrected chi connectivity index (χ4v) is 3.12. The molecule has 0 radical (unpaired) electrons. The number of benzene rings is 2. The summed E-state index contributed by atoms with van der Waals surface area (Å²) in [7, 11) is 1.77. The monoisotopic (exact) mass is 338 g/mol. The van der Waals surface area contributed by atoms with Gasteiger partial charge in [-0.2, -0.15) is 0 Å². The van der Waals surface area contributed by atoms with Crippen LogP contribution in [0.25, 0.3) is 0 Å². The number of hydrogen-bond donors (Lipinski definition) is 1. The Kier molecular flexibility index (Phi) is 3.80. The van der Waals surface area contributed by atoms with Crippen molar-refractivity contribution in [3.05, 3.63) is 53.1 Å². The second kappa shape index (κ2) is 6.12. The van der Waals surface area contributed by atoms with Gasteiger partial charge in [0.25, 0.3) is 5.91 Å². The molecule has 2 amide bonds. The third kappa shape index (κ3) is 3.03. The minimum atomic E-state index is -0.0580. The zero-order valence-electron chi connectivity index (χ0n) is 13.9. The smallest absolute Gasteiger partial charge is 0.253 e. The lowest BCUT2D eigenvalue weighted by Gasteiger charge is -2.20. The summed E-state index contributed by atoms with van der Waals surface area (Å²) in [6.07, 6.45) is 1.12. The van der Waals surface area contributed by atoms with Crippen LogP contribution in [-0.2, 0) is 17.8 Å². The Balaban J connectivity index is 1.49. The highest BCUT2D eigenvalue weighted by Gasteiger charge is 2.19. The minimum absolute atomic E-state index is 0.0199. The van der Waals surface area contributed by atoms with Gasteiger partial charge in [0, 0.05) is 31.3 Å². The second-order valence-electron chi connectivity index (χ2n) is 6.27. The third-order valence-corrected chi connectivity index (χ3v) is 4.45. The quantitative estimate of drug-likeness (QED) is 0.934. The molecule has 6 heteroatoms. The van der Waals surface area contributed by atoms with Crippen molar-refractivity contribution in [2.75, 3.05) is 19.2 Å². The maximum Gasteiger partial charge on any atom is 0.253 e. The molecule has 0 unspecified atom stereocenters.